The molecule has 0 amide bonds. The molecule has 1 saturated carbocycles. The normalized spacial score (nSPS) is 23.3. The molecule has 2 unspecified atom stereocenters. The summed E-state index contributed by atoms with van der Waals surface area (Å²) in [6.07, 6.45) is 4.72. The minimum absolute atomic E-state index is 0.0892. The van der Waals surface area contributed by atoms with E-state index in [0.717, 1.165) is 6.42 Å². The van der Waals surface area contributed by atoms with Crippen LogP contribution in [0.1, 0.15) is 39.5 Å². The van der Waals surface area contributed by atoms with Gasteiger partial charge in [-0.2, -0.15) is 0 Å². The second-order valence-corrected chi connectivity index (χ2v) is 8.10. The molecule has 4 nitrogen and oxygen atoms in total. The van der Waals surface area contributed by atoms with E-state index in [-0.39, 0.29) is 4.90 Å². The summed E-state index contributed by atoms with van der Waals surface area (Å²) in [5, 5.41) is 9.15. The van der Waals surface area contributed by atoms with Crippen LogP contribution in [0.25, 0.3) is 0 Å². The minimum atomic E-state index is -3.71. The lowest BCUT2D eigenvalue weighted by atomic mass is 9.78. The molecule has 1 aliphatic carbocycles. The van der Waals surface area contributed by atoms with Crippen molar-refractivity contribution < 1.29 is 8.42 Å². The highest BCUT2D eigenvalue weighted by molar-refractivity contribution is 7.89. The van der Waals surface area contributed by atoms with Gasteiger partial charge in [-0.05, 0) is 42.9 Å². The van der Waals surface area contributed by atoms with Crippen LogP contribution in [0.4, 0.5) is 5.69 Å². The van der Waals surface area contributed by atoms with Crippen LogP contribution >= 0.6 is 11.6 Å². The van der Waals surface area contributed by atoms with Gasteiger partial charge in [-0.3, -0.25) is 0 Å². The van der Waals surface area contributed by atoms with E-state index in [4.69, 9.17) is 16.7 Å². The molecule has 1 aromatic carbocycles. The van der Waals surface area contributed by atoms with Crippen LogP contribution in [0.3, 0.4) is 0 Å². The maximum Gasteiger partial charge on any atom is 0.238 e. The van der Waals surface area contributed by atoms with E-state index in [1.54, 1.807) is 6.07 Å². The molecule has 0 saturated heterocycles. The van der Waals surface area contributed by atoms with E-state index in [1.165, 1.54) is 31.4 Å². The molecule has 0 heterocycles. The van der Waals surface area contributed by atoms with Gasteiger partial charge in [0, 0.05) is 6.04 Å². The molecule has 1 fully saturated rings. The number of hydrogen-bond acceptors (Lipinski definition) is 3. The number of benzene rings is 1. The van der Waals surface area contributed by atoms with Gasteiger partial charge in [0.2, 0.25) is 10.0 Å². The lowest BCUT2D eigenvalue weighted by Crippen LogP contribution is -2.35. The van der Waals surface area contributed by atoms with Crippen molar-refractivity contribution in [3.63, 3.8) is 0 Å². The van der Waals surface area contributed by atoms with Crippen molar-refractivity contribution >= 4 is 27.3 Å². The molecule has 21 heavy (non-hydrogen) atoms. The molecule has 3 N–H and O–H groups in total. The van der Waals surface area contributed by atoms with Crippen molar-refractivity contribution in [3.05, 3.63) is 23.2 Å². The van der Waals surface area contributed by atoms with E-state index in [9.17, 15) is 8.42 Å². The first-order valence-electron chi connectivity index (χ1n) is 7.38. The third kappa shape index (κ3) is 4.11. The Morgan fingerprint density at radius 3 is 2.57 bits per heavy atom. The average molecular weight is 331 g/mol. The van der Waals surface area contributed by atoms with Crippen LogP contribution in [0.15, 0.2) is 23.1 Å². The topological polar surface area (TPSA) is 72.2 Å². The zero-order valence-electron chi connectivity index (χ0n) is 12.5. The molecule has 2 rings (SSSR count). The fourth-order valence-electron chi connectivity index (χ4n) is 3.13. The average Bonchev–Trinajstić information content (AvgIpc) is 2.40. The van der Waals surface area contributed by atoms with E-state index in [2.05, 4.69) is 19.2 Å². The van der Waals surface area contributed by atoms with Gasteiger partial charge in [0.05, 0.1) is 15.6 Å². The van der Waals surface area contributed by atoms with Gasteiger partial charge in [-0.15, -0.1) is 0 Å². The van der Waals surface area contributed by atoms with Gasteiger partial charge in [0.1, 0.15) is 0 Å². The van der Waals surface area contributed by atoms with Gasteiger partial charge in [-0.1, -0.05) is 38.3 Å². The summed E-state index contributed by atoms with van der Waals surface area (Å²) >= 11 is 6.19. The Morgan fingerprint density at radius 2 is 1.95 bits per heavy atom. The van der Waals surface area contributed by atoms with Crippen LogP contribution in [0, 0.1) is 11.8 Å². The Morgan fingerprint density at radius 1 is 1.29 bits per heavy atom. The molecule has 0 radical (unpaired) electrons. The van der Waals surface area contributed by atoms with Gasteiger partial charge in [0.15, 0.2) is 0 Å². The summed E-state index contributed by atoms with van der Waals surface area (Å²) in [6.45, 7) is 4.46. The number of sulfonamides is 1. The number of nitrogens with two attached hydrogens (primary N) is 1. The molecule has 118 valence electrons. The van der Waals surface area contributed by atoms with Crippen LogP contribution in [0.2, 0.25) is 5.02 Å². The second-order valence-electron chi connectivity index (χ2n) is 6.13. The number of anilines is 1. The third-order valence-electron chi connectivity index (χ3n) is 4.28. The fraction of sp³-hybridized carbons (Fsp3) is 0.600. The van der Waals surface area contributed by atoms with Gasteiger partial charge < -0.3 is 5.32 Å². The summed E-state index contributed by atoms with van der Waals surface area (Å²) in [4.78, 5) is 0.0892. The van der Waals surface area contributed by atoms with Gasteiger partial charge in [-0.25, -0.2) is 13.6 Å². The van der Waals surface area contributed by atoms with E-state index in [1.807, 2.05) is 0 Å². The highest BCUT2D eigenvalue weighted by atomic mass is 35.5. The lowest BCUT2D eigenvalue weighted by Gasteiger charge is -2.35. The maximum absolute atomic E-state index is 11.5. The van der Waals surface area contributed by atoms with Crippen molar-refractivity contribution in [3.8, 4) is 0 Å². The summed E-state index contributed by atoms with van der Waals surface area (Å²) in [5.74, 6) is 1.16. The standard InChI is InChI=1S/C15H23ClN2O2S/c1-10(2)12-5-3-4-6-14(12)18-15-9-11(21(17,19)20)7-8-13(15)16/h7-10,12,14,18H,3-6H2,1-2H3,(H2,17,19,20). The van der Waals surface area contributed by atoms with Crippen LogP contribution in [0.5, 0.6) is 0 Å². The van der Waals surface area contributed by atoms with E-state index >= 15 is 0 Å². The molecule has 6 heteroatoms. The maximum atomic E-state index is 11.5. The van der Waals surface area contributed by atoms with Crippen molar-refractivity contribution in [2.24, 2.45) is 17.0 Å². The van der Waals surface area contributed by atoms with Crippen molar-refractivity contribution in [2.75, 3.05) is 5.32 Å². The Balaban J connectivity index is 2.25. The minimum Gasteiger partial charge on any atom is -0.381 e. The highest BCUT2D eigenvalue weighted by Crippen LogP contribution is 2.34. The molecule has 0 aliphatic heterocycles. The second kappa shape index (κ2) is 6.55. The zero-order chi connectivity index (χ0) is 15.6. The van der Waals surface area contributed by atoms with Crippen LogP contribution < -0.4 is 10.5 Å². The molecule has 0 bridgehead atoms. The quantitative estimate of drug-likeness (QED) is 0.885. The first-order chi connectivity index (χ1) is 9.79. The smallest absolute Gasteiger partial charge is 0.238 e. The summed E-state index contributed by atoms with van der Waals surface area (Å²) in [6, 6.07) is 4.87. The van der Waals surface area contributed by atoms with Crippen molar-refractivity contribution in [1.29, 1.82) is 0 Å². The first kappa shape index (κ1) is 16.6. The van der Waals surface area contributed by atoms with Gasteiger partial charge in [0.25, 0.3) is 0 Å². The van der Waals surface area contributed by atoms with Crippen molar-refractivity contribution in [2.45, 2.75) is 50.5 Å². The molecular formula is C15H23ClN2O2S. The van der Waals surface area contributed by atoms with Crippen molar-refractivity contribution in [1.82, 2.24) is 0 Å². The third-order valence-corrected chi connectivity index (χ3v) is 5.52. The number of rotatable bonds is 4. The summed E-state index contributed by atoms with van der Waals surface area (Å²) < 4.78 is 22.9. The Kier molecular flexibility index (Phi) is 5.17. The Hall–Kier alpha value is -0.780. The molecule has 2 atom stereocenters. The number of primary sulfonamides is 1. The van der Waals surface area contributed by atoms with Gasteiger partial charge >= 0.3 is 0 Å². The predicted octanol–water partition coefficient (Wildman–Crippen LogP) is 3.61. The molecule has 1 aliphatic rings. The summed E-state index contributed by atoms with van der Waals surface area (Å²) in [5.41, 5.74) is 0.653. The van der Waals surface area contributed by atoms with Crippen LogP contribution in [-0.2, 0) is 10.0 Å². The SMILES string of the molecule is CC(C)C1CCCCC1Nc1cc(S(N)(=O)=O)ccc1Cl. The predicted molar refractivity (Wildman–Crippen MR) is 87.0 cm³/mol. The van der Waals surface area contributed by atoms with Crippen LogP contribution in [-0.4, -0.2) is 14.5 Å². The highest BCUT2D eigenvalue weighted by Gasteiger charge is 2.28. The first-order valence-corrected chi connectivity index (χ1v) is 9.30. The monoisotopic (exact) mass is 330 g/mol. The number of hydrogen-bond donors (Lipinski definition) is 2. The zero-order valence-corrected chi connectivity index (χ0v) is 14.0. The molecule has 0 spiro atoms. The Labute approximate surface area is 132 Å². The molecule has 0 aromatic heterocycles. The lowest BCUT2D eigenvalue weighted by molar-refractivity contribution is 0.254. The number of halogens is 1. The number of nitrogens with one attached hydrogen (secondary N) is 1. The fourth-order valence-corrected chi connectivity index (χ4v) is 3.84. The summed E-state index contributed by atoms with van der Waals surface area (Å²) in [7, 11) is -3.71. The molecule has 1 aromatic rings. The van der Waals surface area contributed by atoms with E-state index < -0.39 is 10.0 Å². The molecular weight excluding hydrogens is 308 g/mol. The Bertz CT molecular complexity index is 602. The largest absolute Gasteiger partial charge is 0.381 e. The van der Waals surface area contributed by atoms with E-state index in [0.29, 0.717) is 28.6 Å².